The molecule has 3 aromatic carbocycles. The van der Waals surface area contributed by atoms with Gasteiger partial charge in [0.05, 0.1) is 19.8 Å². The second-order valence-corrected chi connectivity index (χ2v) is 13.1. The maximum atomic E-state index is 14.3. The van der Waals surface area contributed by atoms with Crippen LogP contribution in [0, 0.1) is 16.9 Å². The minimum Gasteiger partial charge on any atom is -0.619 e. The minimum absolute atomic E-state index is 0.0520. The number of methoxy groups -OCH3 is 2. The molecule has 7 rings (SSSR count). The Morgan fingerprint density at radius 3 is 2.28 bits per heavy atom. The number of carbonyl (C=O) groups is 2. The molecule has 0 aliphatic carbocycles. The van der Waals surface area contributed by atoms with E-state index in [0.717, 1.165) is 25.9 Å². The van der Waals surface area contributed by atoms with Gasteiger partial charge in [-0.1, -0.05) is 41.4 Å². The maximum absolute atomic E-state index is 14.3. The van der Waals surface area contributed by atoms with Gasteiger partial charge < -0.3 is 29.5 Å². The van der Waals surface area contributed by atoms with Crippen molar-refractivity contribution in [3.8, 4) is 11.5 Å². The highest BCUT2D eigenvalue weighted by Gasteiger charge is 2.38. The number of nitrogens with zero attached hydrogens (tertiary/aromatic N) is 2. The quantitative estimate of drug-likeness (QED) is 0.0968. The zero-order valence-electron chi connectivity index (χ0n) is 27.4. The van der Waals surface area contributed by atoms with Crippen molar-refractivity contribution in [3.63, 3.8) is 0 Å². The number of esters is 2. The standard InChI is InChI=1S/C37H36Cl2FN3O7/c1-47-31-11-8-24(17-33(31)48-2)32(18-28-29(38)19-43(46)20-30(28)39)49-36(44)23-6-9-27(10-7-23)41-35(25-4-3-5-26(40)16-25)37(45)50-34-21-42-14-12-22(34)13-15-42/h3-11,16-17,19-20,22,32,34-35,41H,12-15,18,21H2,1-2H3/t32?,34-,35?/m0/s1. The van der Waals surface area contributed by atoms with Crippen LogP contribution in [0.3, 0.4) is 0 Å². The lowest BCUT2D eigenvalue weighted by molar-refractivity contribution is -0.605. The first kappa shape index (κ1) is 35.3. The number of aromatic nitrogens is 1. The van der Waals surface area contributed by atoms with Crippen molar-refractivity contribution in [1.29, 1.82) is 0 Å². The predicted molar refractivity (Wildman–Crippen MR) is 185 cm³/mol. The van der Waals surface area contributed by atoms with E-state index in [1.165, 1.54) is 38.7 Å². The van der Waals surface area contributed by atoms with Crippen molar-refractivity contribution in [2.75, 3.05) is 39.2 Å². The molecule has 3 aliphatic rings. The Balaban J connectivity index is 1.22. The van der Waals surface area contributed by atoms with Gasteiger partial charge in [-0.3, -0.25) is 4.90 Å². The molecule has 3 fully saturated rings. The van der Waals surface area contributed by atoms with Crippen LogP contribution >= 0.6 is 23.2 Å². The van der Waals surface area contributed by atoms with Crippen molar-refractivity contribution >= 4 is 40.8 Å². The Hall–Kier alpha value is -4.58. The molecule has 0 saturated carbocycles. The molecule has 3 saturated heterocycles. The van der Waals surface area contributed by atoms with Crippen LogP contribution in [0.1, 0.15) is 52.0 Å². The van der Waals surface area contributed by atoms with Crippen LogP contribution in [0.2, 0.25) is 10.0 Å². The zero-order valence-corrected chi connectivity index (χ0v) is 29.0. The van der Waals surface area contributed by atoms with Gasteiger partial charge in [0.2, 0.25) is 0 Å². The summed E-state index contributed by atoms with van der Waals surface area (Å²) in [5.74, 6) is -0.418. The van der Waals surface area contributed by atoms with Crippen LogP contribution in [0.4, 0.5) is 10.1 Å². The van der Waals surface area contributed by atoms with E-state index in [9.17, 15) is 19.2 Å². The summed E-state index contributed by atoms with van der Waals surface area (Å²) in [5.41, 5.74) is 2.13. The largest absolute Gasteiger partial charge is 0.619 e. The van der Waals surface area contributed by atoms with E-state index in [-0.39, 0.29) is 28.1 Å². The fraction of sp³-hybridized carbons (Fsp3) is 0.324. The average Bonchev–Trinajstić information content (AvgIpc) is 3.11. The van der Waals surface area contributed by atoms with Gasteiger partial charge in [-0.2, -0.15) is 4.73 Å². The number of hydrogen-bond donors (Lipinski definition) is 1. The number of fused-ring (bicyclic) bond motifs is 3. The molecule has 1 aromatic heterocycles. The summed E-state index contributed by atoms with van der Waals surface area (Å²) in [6.45, 7) is 2.70. The summed E-state index contributed by atoms with van der Waals surface area (Å²) >= 11 is 12.8. The monoisotopic (exact) mass is 723 g/mol. The van der Waals surface area contributed by atoms with Gasteiger partial charge in [-0.05, 0) is 91.5 Å². The topological polar surface area (TPSA) is 113 Å². The molecule has 13 heteroatoms. The molecule has 10 nitrogen and oxygen atoms in total. The third-order valence-electron chi connectivity index (χ3n) is 9.19. The number of ether oxygens (including phenoxy) is 4. The van der Waals surface area contributed by atoms with Gasteiger partial charge >= 0.3 is 11.9 Å². The molecule has 50 heavy (non-hydrogen) atoms. The highest BCUT2D eigenvalue weighted by atomic mass is 35.5. The first-order valence-electron chi connectivity index (χ1n) is 16.2. The van der Waals surface area contributed by atoms with Crippen LogP contribution in [-0.2, 0) is 20.7 Å². The van der Waals surface area contributed by atoms with Crippen molar-refractivity contribution in [1.82, 2.24) is 4.90 Å². The SMILES string of the molecule is COc1ccc(C(Cc2c(Cl)c[n+]([O-])cc2Cl)OC(=O)c2ccc(NC(C(=O)O[C@H]3CN4CCC3CC4)c3cccc(F)c3)cc2)cc1OC. The number of anilines is 1. The predicted octanol–water partition coefficient (Wildman–Crippen LogP) is 6.71. The lowest BCUT2D eigenvalue weighted by Crippen LogP contribution is -2.52. The number of rotatable bonds is 12. The molecule has 2 unspecified atom stereocenters. The van der Waals surface area contributed by atoms with E-state index in [2.05, 4.69) is 10.2 Å². The van der Waals surface area contributed by atoms with Crippen molar-refractivity contribution < 1.29 is 37.7 Å². The highest BCUT2D eigenvalue weighted by Crippen LogP contribution is 2.36. The zero-order chi connectivity index (χ0) is 35.4. The van der Waals surface area contributed by atoms with Crippen LogP contribution in [-0.4, -0.2) is 56.8 Å². The highest BCUT2D eigenvalue weighted by molar-refractivity contribution is 6.35. The second-order valence-electron chi connectivity index (χ2n) is 12.3. The molecule has 4 aromatic rings. The fourth-order valence-corrected chi connectivity index (χ4v) is 7.08. The molecule has 3 aliphatic heterocycles. The maximum Gasteiger partial charge on any atom is 0.338 e. The Bertz CT molecular complexity index is 1830. The molecule has 0 radical (unpaired) electrons. The van der Waals surface area contributed by atoms with E-state index >= 15 is 0 Å². The number of carbonyl (C=O) groups excluding carboxylic acids is 2. The summed E-state index contributed by atoms with van der Waals surface area (Å²) in [6.07, 6.45) is 3.24. The van der Waals surface area contributed by atoms with Crippen LogP contribution in [0.15, 0.2) is 79.1 Å². The van der Waals surface area contributed by atoms with Crippen LogP contribution in [0.25, 0.3) is 0 Å². The van der Waals surface area contributed by atoms with Gasteiger partial charge in [0.25, 0.3) is 0 Å². The summed E-state index contributed by atoms with van der Waals surface area (Å²) in [5, 5.41) is 15.3. The molecule has 0 spiro atoms. The van der Waals surface area contributed by atoms with E-state index in [0.29, 0.717) is 51.1 Å². The Morgan fingerprint density at radius 1 is 0.960 bits per heavy atom. The van der Waals surface area contributed by atoms with Crippen molar-refractivity contribution in [3.05, 3.63) is 122 Å². The normalized spacial score (nSPS) is 19.3. The Morgan fingerprint density at radius 2 is 1.66 bits per heavy atom. The number of halogens is 3. The van der Waals surface area contributed by atoms with E-state index < -0.39 is 29.9 Å². The van der Waals surface area contributed by atoms with Gasteiger partial charge in [0, 0.05) is 24.2 Å². The molecular weight excluding hydrogens is 688 g/mol. The summed E-state index contributed by atoms with van der Waals surface area (Å²) in [7, 11) is 3.00. The third kappa shape index (κ3) is 8.07. The molecule has 4 heterocycles. The molecule has 0 amide bonds. The van der Waals surface area contributed by atoms with Crippen LogP contribution < -0.4 is 19.5 Å². The van der Waals surface area contributed by atoms with E-state index in [1.807, 2.05) is 0 Å². The first-order valence-corrected chi connectivity index (χ1v) is 16.9. The van der Waals surface area contributed by atoms with Crippen LogP contribution in [0.5, 0.6) is 11.5 Å². The molecule has 1 N–H and O–H groups in total. The Labute approximate surface area is 299 Å². The molecular formula is C37H36Cl2FN3O7. The van der Waals surface area contributed by atoms with Crippen molar-refractivity contribution in [2.24, 2.45) is 5.92 Å². The molecule has 262 valence electrons. The van der Waals surface area contributed by atoms with Crippen molar-refractivity contribution in [2.45, 2.75) is 37.5 Å². The minimum atomic E-state index is -0.985. The lowest BCUT2D eigenvalue weighted by atomic mass is 9.86. The van der Waals surface area contributed by atoms with E-state index in [4.69, 9.17) is 42.1 Å². The van der Waals surface area contributed by atoms with Gasteiger partial charge in [-0.25, -0.2) is 14.0 Å². The number of benzene rings is 3. The lowest BCUT2D eigenvalue weighted by Gasteiger charge is -2.44. The first-order chi connectivity index (χ1) is 24.1. The van der Waals surface area contributed by atoms with Gasteiger partial charge in [0.15, 0.2) is 29.9 Å². The van der Waals surface area contributed by atoms with E-state index in [1.54, 1.807) is 54.6 Å². The number of pyridine rings is 1. The fourth-order valence-electron chi connectivity index (χ4n) is 6.48. The number of hydrogen-bond acceptors (Lipinski definition) is 9. The summed E-state index contributed by atoms with van der Waals surface area (Å²) < 4.78 is 37.6. The third-order valence-corrected chi connectivity index (χ3v) is 9.84. The summed E-state index contributed by atoms with van der Waals surface area (Å²) in [6, 6.07) is 16.3. The second kappa shape index (κ2) is 15.5. The average molecular weight is 725 g/mol. The number of nitrogens with one attached hydrogen (secondary N) is 1. The molecule has 3 atom stereocenters. The number of piperidine rings is 3. The smallest absolute Gasteiger partial charge is 0.338 e. The van der Waals surface area contributed by atoms with Gasteiger partial charge in [0.1, 0.15) is 28.1 Å². The molecule has 2 bridgehead atoms. The summed E-state index contributed by atoms with van der Waals surface area (Å²) in [4.78, 5) is 29.4. The Kier molecular flexibility index (Phi) is 11.0. The van der Waals surface area contributed by atoms with Gasteiger partial charge in [-0.15, -0.1) is 0 Å².